The van der Waals surface area contributed by atoms with Crippen LogP contribution in [0.4, 0.5) is 0 Å². The maximum Gasteiger partial charge on any atom is 0.168 e. The van der Waals surface area contributed by atoms with Crippen LogP contribution in [-0.2, 0) is 14.3 Å². The Morgan fingerprint density at radius 2 is 2.10 bits per heavy atom. The Kier molecular flexibility index (Phi) is 3.23. The Hall–Kier alpha value is -1.39. The van der Waals surface area contributed by atoms with Gasteiger partial charge in [0.2, 0.25) is 0 Å². The number of Topliss-reactive ketones (excluding diaryl/α,β-unsaturated/α-hetero) is 1. The number of carbonyl (C=O) groups is 1. The highest BCUT2D eigenvalue weighted by atomic mass is 16.7. The van der Waals surface area contributed by atoms with Crippen molar-refractivity contribution in [1.29, 1.82) is 0 Å². The molecule has 0 aromatic carbocycles. The van der Waals surface area contributed by atoms with Crippen molar-refractivity contribution in [2.45, 2.75) is 37.9 Å². The molecule has 0 radical (unpaired) electrons. The Morgan fingerprint density at radius 1 is 1.24 bits per heavy atom. The van der Waals surface area contributed by atoms with Crippen molar-refractivity contribution in [3.8, 4) is 0 Å². The van der Waals surface area contributed by atoms with E-state index in [0.717, 1.165) is 43.4 Å². The van der Waals surface area contributed by atoms with Crippen molar-refractivity contribution >= 4 is 11.9 Å². The number of furan rings is 1. The molecule has 2 aliphatic carbocycles. The first kappa shape index (κ1) is 13.3. The first-order valence-electron chi connectivity index (χ1n) is 7.82. The predicted molar refractivity (Wildman–Crippen MR) is 76.4 cm³/mol. The van der Waals surface area contributed by atoms with Gasteiger partial charge in [0.05, 0.1) is 19.5 Å². The largest absolute Gasteiger partial charge is 0.465 e. The average Bonchev–Trinajstić information content (AvgIpc) is 3.14. The molecule has 3 aliphatic rings. The fraction of sp³-hybridized carbons (Fsp3) is 0.588. The minimum Gasteiger partial charge on any atom is -0.465 e. The second-order valence-electron chi connectivity index (χ2n) is 6.30. The van der Waals surface area contributed by atoms with Crippen LogP contribution in [0.2, 0.25) is 0 Å². The van der Waals surface area contributed by atoms with E-state index in [1.54, 1.807) is 6.26 Å². The molecule has 1 spiro atoms. The summed E-state index contributed by atoms with van der Waals surface area (Å²) in [5, 5.41) is 0. The third-order valence-corrected chi connectivity index (χ3v) is 5.09. The molecule has 2 heterocycles. The van der Waals surface area contributed by atoms with Crippen LogP contribution in [0, 0.1) is 11.8 Å². The zero-order chi connectivity index (χ0) is 14.3. The monoisotopic (exact) mass is 288 g/mol. The molecular weight excluding hydrogens is 268 g/mol. The number of allylic oxidation sites excluding steroid dienone is 1. The molecule has 0 bridgehead atoms. The highest BCUT2D eigenvalue weighted by Gasteiger charge is 2.48. The summed E-state index contributed by atoms with van der Waals surface area (Å²) in [6.45, 7) is 1.38. The van der Waals surface area contributed by atoms with Gasteiger partial charge in [0, 0.05) is 18.8 Å². The fourth-order valence-electron chi connectivity index (χ4n) is 4.05. The molecule has 4 heteroatoms. The number of hydrogen-bond donors (Lipinski definition) is 0. The van der Waals surface area contributed by atoms with E-state index < -0.39 is 0 Å². The van der Waals surface area contributed by atoms with Crippen LogP contribution in [0.5, 0.6) is 0 Å². The molecule has 21 heavy (non-hydrogen) atoms. The zero-order valence-corrected chi connectivity index (χ0v) is 12.0. The number of ketones is 1. The number of hydrogen-bond acceptors (Lipinski definition) is 4. The second kappa shape index (κ2) is 5.11. The first-order chi connectivity index (χ1) is 10.3. The normalized spacial score (nSPS) is 33.5. The van der Waals surface area contributed by atoms with E-state index in [2.05, 4.69) is 0 Å². The highest BCUT2D eigenvalue weighted by molar-refractivity contribution is 6.01. The highest BCUT2D eigenvalue weighted by Crippen LogP contribution is 2.47. The van der Waals surface area contributed by atoms with E-state index >= 15 is 0 Å². The second-order valence-corrected chi connectivity index (χ2v) is 6.30. The summed E-state index contributed by atoms with van der Waals surface area (Å²) in [4.78, 5) is 12.7. The maximum atomic E-state index is 12.7. The van der Waals surface area contributed by atoms with Gasteiger partial charge in [-0.2, -0.15) is 0 Å². The van der Waals surface area contributed by atoms with Gasteiger partial charge < -0.3 is 13.9 Å². The molecule has 0 N–H and O–H groups in total. The maximum absolute atomic E-state index is 12.7. The summed E-state index contributed by atoms with van der Waals surface area (Å²) in [7, 11) is 0. The van der Waals surface area contributed by atoms with Crippen LogP contribution in [-0.4, -0.2) is 24.8 Å². The Labute approximate surface area is 124 Å². The summed E-state index contributed by atoms with van der Waals surface area (Å²) >= 11 is 0. The first-order valence-corrected chi connectivity index (χ1v) is 7.82. The predicted octanol–water partition coefficient (Wildman–Crippen LogP) is 3.19. The third-order valence-electron chi connectivity index (χ3n) is 5.09. The van der Waals surface area contributed by atoms with Crippen molar-refractivity contribution < 1.29 is 18.7 Å². The number of carbonyl (C=O) groups excluding carboxylic acids is 1. The molecule has 1 aromatic heterocycles. The molecule has 4 nitrogen and oxygen atoms in total. The number of rotatable bonds is 1. The van der Waals surface area contributed by atoms with Crippen LogP contribution in [0.15, 0.2) is 28.4 Å². The van der Waals surface area contributed by atoms with E-state index in [1.165, 1.54) is 0 Å². The number of ether oxygens (including phenoxy) is 2. The van der Waals surface area contributed by atoms with Crippen LogP contribution < -0.4 is 0 Å². The molecular formula is C17H20O4. The quantitative estimate of drug-likeness (QED) is 0.745. The van der Waals surface area contributed by atoms with E-state index in [1.807, 2.05) is 18.2 Å². The molecule has 1 saturated heterocycles. The van der Waals surface area contributed by atoms with Crippen molar-refractivity contribution in [3.63, 3.8) is 0 Å². The molecule has 2 unspecified atom stereocenters. The summed E-state index contributed by atoms with van der Waals surface area (Å²) < 4.78 is 17.0. The molecule has 2 saturated carbocycles. The van der Waals surface area contributed by atoms with Gasteiger partial charge >= 0.3 is 0 Å². The lowest BCUT2D eigenvalue weighted by Crippen LogP contribution is -2.44. The van der Waals surface area contributed by atoms with Crippen LogP contribution in [0.3, 0.4) is 0 Å². The van der Waals surface area contributed by atoms with Gasteiger partial charge in [-0.25, -0.2) is 0 Å². The van der Waals surface area contributed by atoms with Gasteiger partial charge in [-0.3, -0.25) is 4.79 Å². The molecule has 3 fully saturated rings. The standard InChI is InChI=1S/C17H20O4/c18-16-12(10-14-2-1-7-19-14)3-4-13-11-17(6-5-15(13)16)20-8-9-21-17/h1-2,7,10,13,15H,3-6,8-9,11H2. The van der Waals surface area contributed by atoms with E-state index in [4.69, 9.17) is 13.9 Å². The van der Waals surface area contributed by atoms with Crippen LogP contribution >= 0.6 is 0 Å². The summed E-state index contributed by atoms with van der Waals surface area (Å²) in [5.41, 5.74) is 0.912. The average molecular weight is 288 g/mol. The Morgan fingerprint density at radius 3 is 2.86 bits per heavy atom. The van der Waals surface area contributed by atoms with Gasteiger partial charge in [-0.05, 0) is 49.0 Å². The van der Waals surface area contributed by atoms with E-state index in [0.29, 0.717) is 24.9 Å². The Bertz CT molecular complexity index is 551. The fourth-order valence-corrected chi connectivity index (χ4v) is 4.05. The van der Waals surface area contributed by atoms with Crippen LogP contribution in [0.25, 0.3) is 6.08 Å². The van der Waals surface area contributed by atoms with Crippen molar-refractivity contribution in [1.82, 2.24) is 0 Å². The smallest absolute Gasteiger partial charge is 0.168 e. The lowest BCUT2D eigenvalue weighted by atomic mass is 9.67. The molecule has 0 amide bonds. The van der Waals surface area contributed by atoms with Crippen molar-refractivity contribution in [3.05, 3.63) is 29.7 Å². The lowest BCUT2D eigenvalue weighted by molar-refractivity contribution is -0.196. The SMILES string of the molecule is O=C1C(=Cc2ccco2)CCC2CC3(CCC12)OCCO3. The van der Waals surface area contributed by atoms with Crippen molar-refractivity contribution in [2.24, 2.45) is 11.8 Å². The molecule has 4 rings (SSSR count). The van der Waals surface area contributed by atoms with Gasteiger partial charge in [-0.15, -0.1) is 0 Å². The lowest BCUT2D eigenvalue weighted by Gasteiger charge is -2.43. The molecule has 1 aliphatic heterocycles. The molecule has 1 aromatic rings. The van der Waals surface area contributed by atoms with Crippen molar-refractivity contribution in [2.75, 3.05) is 13.2 Å². The summed E-state index contributed by atoms with van der Waals surface area (Å²) in [6, 6.07) is 3.74. The van der Waals surface area contributed by atoms with Gasteiger partial charge in [0.25, 0.3) is 0 Å². The topological polar surface area (TPSA) is 48.7 Å². The minimum atomic E-state index is -0.385. The van der Waals surface area contributed by atoms with Crippen LogP contribution in [0.1, 0.15) is 37.9 Å². The summed E-state index contributed by atoms with van der Waals surface area (Å²) in [5.74, 6) is 1.22. The molecule has 112 valence electrons. The molecule has 2 atom stereocenters. The van der Waals surface area contributed by atoms with Gasteiger partial charge in [-0.1, -0.05) is 0 Å². The van der Waals surface area contributed by atoms with Gasteiger partial charge in [0.1, 0.15) is 5.76 Å². The van der Waals surface area contributed by atoms with Gasteiger partial charge in [0.15, 0.2) is 11.6 Å². The Balaban J connectivity index is 1.51. The summed E-state index contributed by atoms with van der Waals surface area (Å²) in [6.07, 6.45) is 8.01. The third kappa shape index (κ3) is 2.36. The number of fused-ring (bicyclic) bond motifs is 1. The van der Waals surface area contributed by atoms with E-state index in [-0.39, 0.29) is 11.7 Å². The van der Waals surface area contributed by atoms with E-state index in [9.17, 15) is 4.79 Å². The zero-order valence-electron chi connectivity index (χ0n) is 12.0. The minimum absolute atomic E-state index is 0.137.